The predicted octanol–water partition coefficient (Wildman–Crippen LogP) is 1.45. The smallest absolute Gasteiger partial charge is 0.266 e. The molecular formula is C11H14IN5O. The maximum absolute atomic E-state index is 11.3. The first-order valence-electron chi connectivity index (χ1n) is 5.64. The highest BCUT2D eigenvalue weighted by Gasteiger charge is 2.04. The third-order valence-electron chi connectivity index (χ3n) is 2.65. The number of H-pyrrole nitrogens is 2. The Morgan fingerprint density at radius 2 is 2.33 bits per heavy atom. The lowest BCUT2D eigenvalue weighted by Crippen LogP contribution is -2.15. The van der Waals surface area contributed by atoms with Crippen LogP contribution < -0.4 is 10.9 Å². The fraction of sp³-hybridized carbons (Fsp3) is 0.364. The van der Waals surface area contributed by atoms with E-state index in [4.69, 9.17) is 0 Å². The lowest BCUT2D eigenvalue weighted by molar-refractivity contribution is 0.850. The van der Waals surface area contributed by atoms with Crippen molar-refractivity contribution in [1.29, 1.82) is 0 Å². The van der Waals surface area contributed by atoms with Crippen molar-refractivity contribution < 1.29 is 0 Å². The first kappa shape index (κ1) is 13.1. The van der Waals surface area contributed by atoms with E-state index in [-0.39, 0.29) is 5.56 Å². The molecule has 0 amide bonds. The molecule has 0 atom stereocenters. The van der Waals surface area contributed by atoms with Gasteiger partial charge in [-0.05, 0) is 47.9 Å². The molecule has 0 aliphatic heterocycles. The van der Waals surface area contributed by atoms with Crippen LogP contribution in [0.5, 0.6) is 0 Å². The average Bonchev–Trinajstić information content (AvgIpc) is 2.76. The number of nitrogens with one attached hydrogen (secondary N) is 3. The number of anilines is 1. The van der Waals surface area contributed by atoms with E-state index in [1.807, 2.05) is 35.7 Å². The minimum absolute atomic E-state index is 0.112. The molecule has 0 saturated heterocycles. The quantitative estimate of drug-likeness (QED) is 0.557. The zero-order valence-electron chi connectivity index (χ0n) is 9.96. The fourth-order valence-electron chi connectivity index (χ4n) is 1.62. The lowest BCUT2D eigenvalue weighted by atomic mass is 10.1. The summed E-state index contributed by atoms with van der Waals surface area (Å²) in [6.45, 7) is 2.79. The van der Waals surface area contributed by atoms with Crippen LogP contribution in [0.2, 0.25) is 0 Å². The van der Waals surface area contributed by atoms with E-state index in [1.54, 1.807) is 0 Å². The van der Waals surface area contributed by atoms with Gasteiger partial charge in [0.2, 0.25) is 0 Å². The molecule has 3 N–H and O–H groups in total. The molecule has 0 unspecified atom stereocenters. The van der Waals surface area contributed by atoms with Crippen LogP contribution in [-0.4, -0.2) is 26.7 Å². The molecule has 0 saturated carbocycles. The molecule has 6 nitrogen and oxygen atoms in total. The van der Waals surface area contributed by atoms with Gasteiger partial charge in [0, 0.05) is 12.2 Å². The molecule has 0 aliphatic rings. The summed E-state index contributed by atoms with van der Waals surface area (Å²) in [6, 6.07) is 0. The summed E-state index contributed by atoms with van der Waals surface area (Å²) in [5.74, 6) is 0.642. The molecule has 2 rings (SSSR count). The Morgan fingerprint density at radius 1 is 1.50 bits per heavy atom. The Morgan fingerprint density at radius 3 is 3.06 bits per heavy atom. The van der Waals surface area contributed by atoms with Gasteiger partial charge in [0.05, 0.1) is 12.5 Å². The van der Waals surface area contributed by atoms with Crippen molar-refractivity contribution >= 4 is 28.4 Å². The van der Waals surface area contributed by atoms with Crippen LogP contribution in [0.1, 0.15) is 17.7 Å². The number of aromatic amines is 2. The van der Waals surface area contributed by atoms with E-state index < -0.39 is 0 Å². The Kier molecular flexibility index (Phi) is 4.34. The Labute approximate surface area is 118 Å². The molecule has 0 aromatic carbocycles. The highest BCUT2D eigenvalue weighted by molar-refractivity contribution is 14.1. The first-order chi connectivity index (χ1) is 8.68. The van der Waals surface area contributed by atoms with Gasteiger partial charge in [-0.1, -0.05) is 0 Å². The van der Waals surface area contributed by atoms with E-state index in [1.165, 1.54) is 11.9 Å². The van der Waals surface area contributed by atoms with Gasteiger partial charge in [0.15, 0.2) is 0 Å². The molecular weight excluding hydrogens is 345 g/mol. The maximum atomic E-state index is 11.3. The van der Waals surface area contributed by atoms with Gasteiger partial charge in [-0.15, -0.1) is 0 Å². The molecule has 0 aliphatic carbocycles. The van der Waals surface area contributed by atoms with Gasteiger partial charge in [0.25, 0.3) is 5.56 Å². The average molecular weight is 359 g/mol. The standard InChI is InChI=1S/C11H14IN5O/c1-7-8(5-16-17-7)3-2-4-13-10-9(12)11(18)15-6-14-10/h5-6H,2-4H2,1H3,(H,16,17)(H2,13,14,15,18). The van der Waals surface area contributed by atoms with Crippen LogP contribution in [0.15, 0.2) is 17.3 Å². The van der Waals surface area contributed by atoms with Gasteiger partial charge < -0.3 is 10.3 Å². The van der Waals surface area contributed by atoms with Gasteiger partial charge >= 0.3 is 0 Å². The summed E-state index contributed by atoms with van der Waals surface area (Å²) in [6.07, 6.45) is 5.18. The topological polar surface area (TPSA) is 86.5 Å². The molecule has 2 aromatic rings. The monoisotopic (exact) mass is 359 g/mol. The van der Waals surface area contributed by atoms with Gasteiger partial charge in [-0.2, -0.15) is 5.10 Å². The molecule has 2 heterocycles. The minimum atomic E-state index is -0.112. The second-order valence-corrected chi connectivity index (χ2v) is 5.02. The largest absolute Gasteiger partial charge is 0.369 e. The number of nitrogens with zero attached hydrogens (tertiary/aromatic N) is 2. The summed E-state index contributed by atoms with van der Waals surface area (Å²) >= 11 is 1.99. The highest BCUT2D eigenvalue weighted by Crippen LogP contribution is 2.10. The van der Waals surface area contributed by atoms with E-state index in [2.05, 4.69) is 25.5 Å². The summed E-state index contributed by atoms with van der Waals surface area (Å²) in [4.78, 5) is 18.0. The number of aryl methyl sites for hydroxylation is 2. The van der Waals surface area contributed by atoms with E-state index in [0.717, 1.165) is 25.1 Å². The number of hydrogen-bond donors (Lipinski definition) is 3. The molecule has 96 valence electrons. The molecule has 0 bridgehead atoms. The maximum Gasteiger partial charge on any atom is 0.266 e. The Hall–Kier alpha value is -1.38. The van der Waals surface area contributed by atoms with Crippen molar-refractivity contribution in [3.8, 4) is 0 Å². The summed E-state index contributed by atoms with van der Waals surface area (Å²) in [7, 11) is 0. The van der Waals surface area contributed by atoms with Crippen LogP contribution in [0.4, 0.5) is 5.82 Å². The van der Waals surface area contributed by atoms with Crippen molar-refractivity contribution in [2.75, 3.05) is 11.9 Å². The van der Waals surface area contributed by atoms with Crippen molar-refractivity contribution in [2.24, 2.45) is 0 Å². The number of halogens is 1. The first-order valence-corrected chi connectivity index (χ1v) is 6.72. The summed E-state index contributed by atoms with van der Waals surface area (Å²) in [5.41, 5.74) is 2.23. The van der Waals surface area contributed by atoms with Crippen LogP contribution in [0.25, 0.3) is 0 Å². The van der Waals surface area contributed by atoms with Crippen LogP contribution >= 0.6 is 22.6 Å². The predicted molar refractivity (Wildman–Crippen MR) is 77.7 cm³/mol. The number of aromatic nitrogens is 4. The zero-order valence-corrected chi connectivity index (χ0v) is 12.1. The lowest BCUT2D eigenvalue weighted by Gasteiger charge is -2.06. The number of hydrogen-bond acceptors (Lipinski definition) is 4. The minimum Gasteiger partial charge on any atom is -0.369 e. The molecule has 2 aromatic heterocycles. The normalized spacial score (nSPS) is 10.6. The van der Waals surface area contributed by atoms with Crippen molar-refractivity contribution in [3.05, 3.63) is 37.7 Å². The second kappa shape index (κ2) is 5.98. The van der Waals surface area contributed by atoms with Crippen LogP contribution in [-0.2, 0) is 6.42 Å². The third-order valence-corrected chi connectivity index (χ3v) is 3.65. The molecule has 18 heavy (non-hydrogen) atoms. The van der Waals surface area contributed by atoms with Crippen molar-refractivity contribution in [2.45, 2.75) is 19.8 Å². The highest BCUT2D eigenvalue weighted by atomic mass is 127. The van der Waals surface area contributed by atoms with E-state index >= 15 is 0 Å². The second-order valence-electron chi connectivity index (χ2n) is 3.94. The molecule has 0 fully saturated rings. The molecule has 0 radical (unpaired) electrons. The Balaban J connectivity index is 1.84. The van der Waals surface area contributed by atoms with Gasteiger partial charge in [-0.3, -0.25) is 9.89 Å². The van der Waals surface area contributed by atoms with Crippen LogP contribution in [0, 0.1) is 10.5 Å². The zero-order chi connectivity index (χ0) is 13.0. The summed E-state index contributed by atoms with van der Waals surface area (Å²) < 4.78 is 0.592. The van der Waals surface area contributed by atoms with Gasteiger partial charge in [0.1, 0.15) is 9.39 Å². The van der Waals surface area contributed by atoms with Crippen molar-refractivity contribution in [1.82, 2.24) is 20.2 Å². The fourth-order valence-corrected chi connectivity index (χ4v) is 2.11. The van der Waals surface area contributed by atoms with E-state index in [9.17, 15) is 4.79 Å². The SMILES string of the molecule is Cc1[nH]ncc1CCCNc1nc[nH]c(=O)c1I. The van der Waals surface area contributed by atoms with Gasteiger partial charge in [-0.25, -0.2) is 4.98 Å². The number of rotatable bonds is 5. The molecule has 0 spiro atoms. The Bertz CT molecular complexity index is 577. The third kappa shape index (κ3) is 3.09. The molecule has 7 heteroatoms. The van der Waals surface area contributed by atoms with E-state index in [0.29, 0.717) is 9.39 Å². The summed E-state index contributed by atoms with van der Waals surface area (Å²) in [5, 5.41) is 10.1. The van der Waals surface area contributed by atoms with Crippen molar-refractivity contribution in [3.63, 3.8) is 0 Å². The van der Waals surface area contributed by atoms with Crippen LogP contribution in [0.3, 0.4) is 0 Å².